The first-order valence-corrected chi connectivity index (χ1v) is 11.3. The summed E-state index contributed by atoms with van der Waals surface area (Å²) in [6.07, 6.45) is -1.36. The van der Waals surface area contributed by atoms with E-state index in [9.17, 15) is 9.90 Å². The summed E-state index contributed by atoms with van der Waals surface area (Å²) in [4.78, 5) is 12.2. The summed E-state index contributed by atoms with van der Waals surface area (Å²) in [7, 11) is 1.31. The van der Waals surface area contributed by atoms with Gasteiger partial charge in [-0.05, 0) is 18.1 Å². The van der Waals surface area contributed by atoms with Gasteiger partial charge in [-0.15, -0.1) is 0 Å². The summed E-state index contributed by atoms with van der Waals surface area (Å²) in [5.41, 5.74) is 2.14. The van der Waals surface area contributed by atoms with Crippen LogP contribution in [-0.4, -0.2) is 41.3 Å². The van der Waals surface area contributed by atoms with Crippen molar-refractivity contribution in [3.05, 3.63) is 71.8 Å². The molecule has 0 bridgehead atoms. The van der Waals surface area contributed by atoms with E-state index in [1.54, 1.807) is 6.92 Å². The van der Waals surface area contributed by atoms with Crippen molar-refractivity contribution in [2.45, 2.75) is 50.5 Å². The lowest BCUT2D eigenvalue weighted by Crippen LogP contribution is -2.50. The predicted octanol–water partition coefficient (Wildman–Crippen LogP) is 4.75. The molecule has 0 aliphatic heterocycles. The van der Waals surface area contributed by atoms with E-state index in [0.717, 1.165) is 11.1 Å². The summed E-state index contributed by atoms with van der Waals surface area (Å²) in [5, 5.41) is 11.0. The minimum Gasteiger partial charge on any atom is -0.468 e. The monoisotopic (exact) mass is 492 g/mol. The number of aliphatic hydroxyl groups is 1. The van der Waals surface area contributed by atoms with E-state index >= 15 is 0 Å². The second kappa shape index (κ2) is 12.3. The zero-order valence-corrected chi connectivity index (χ0v) is 20.2. The van der Waals surface area contributed by atoms with Crippen molar-refractivity contribution in [2.75, 3.05) is 13.7 Å². The molecule has 170 valence electrons. The molecule has 1 N–H and O–H groups in total. The van der Waals surface area contributed by atoms with E-state index in [1.807, 2.05) is 74.5 Å². The van der Waals surface area contributed by atoms with Crippen LogP contribution in [-0.2, 0) is 32.2 Å². The molecule has 0 heterocycles. The minimum absolute atomic E-state index is 0.0157. The number of hydrogen-bond donors (Lipinski definition) is 1. The second-order valence-corrected chi connectivity index (χ2v) is 9.76. The fourth-order valence-corrected chi connectivity index (χ4v) is 4.21. The third-order valence-corrected chi connectivity index (χ3v) is 6.29. The molecule has 0 aliphatic carbocycles. The fourth-order valence-electron chi connectivity index (χ4n) is 3.63. The van der Waals surface area contributed by atoms with Gasteiger partial charge < -0.3 is 19.3 Å². The molecular formula is C25H33BrO5. The van der Waals surface area contributed by atoms with Crippen molar-refractivity contribution in [3.8, 4) is 0 Å². The van der Waals surface area contributed by atoms with E-state index in [1.165, 1.54) is 7.11 Å². The Morgan fingerprint density at radius 1 is 1.00 bits per heavy atom. The third-order valence-electron chi connectivity index (χ3n) is 5.49. The van der Waals surface area contributed by atoms with Crippen LogP contribution < -0.4 is 0 Å². The van der Waals surface area contributed by atoms with Gasteiger partial charge in [0.05, 0.1) is 39.1 Å². The Labute approximate surface area is 193 Å². The van der Waals surface area contributed by atoms with Crippen molar-refractivity contribution >= 4 is 21.9 Å². The number of hydrogen-bond acceptors (Lipinski definition) is 5. The lowest BCUT2D eigenvalue weighted by molar-refractivity contribution is -0.149. The Hall–Kier alpha value is -1.73. The number of carbonyl (C=O) groups excluding carboxylic acids is 1. The molecule has 0 spiro atoms. The first kappa shape index (κ1) is 25.5. The number of esters is 1. The van der Waals surface area contributed by atoms with Crippen LogP contribution >= 0.6 is 15.9 Å². The van der Waals surface area contributed by atoms with Crippen LogP contribution in [0, 0.1) is 11.8 Å². The Balaban J connectivity index is 2.09. The zero-order chi connectivity index (χ0) is 22.9. The van der Waals surface area contributed by atoms with E-state index in [-0.39, 0.29) is 17.9 Å². The molecule has 0 saturated heterocycles. The molecule has 0 saturated carbocycles. The predicted molar refractivity (Wildman–Crippen MR) is 125 cm³/mol. The normalized spacial score (nSPS) is 17.2. The van der Waals surface area contributed by atoms with Crippen LogP contribution in [0.25, 0.3) is 0 Å². The molecule has 0 aromatic heterocycles. The molecule has 2 rings (SSSR count). The molecule has 0 radical (unpaired) electrons. The second-order valence-electron chi connectivity index (χ2n) is 8.11. The van der Waals surface area contributed by atoms with Gasteiger partial charge in [-0.2, -0.15) is 0 Å². The Morgan fingerprint density at radius 2 is 1.52 bits per heavy atom. The van der Waals surface area contributed by atoms with Crippen LogP contribution in [0.2, 0.25) is 0 Å². The number of alkyl halides is 1. The van der Waals surface area contributed by atoms with Gasteiger partial charge in [0, 0.05) is 11.8 Å². The number of ether oxygens (including phenoxy) is 3. The van der Waals surface area contributed by atoms with Gasteiger partial charge in [0.2, 0.25) is 0 Å². The number of methoxy groups -OCH3 is 1. The first-order valence-electron chi connectivity index (χ1n) is 10.5. The SMILES string of the molecule is COC(=O)[C@](C)(Br)[C@@H](O)[C@@H](C)[C@@H](OCc1ccccc1)[C@@H](C)COCc1ccccc1. The molecule has 0 unspecified atom stereocenters. The lowest BCUT2D eigenvalue weighted by Gasteiger charge is -2.37. The topological polar surface area (TPSA) is 65.0 Å². The molecule has 31 heavy (non-hydrogen) atoms. The smallest absolute Gasteiger partial charge is 0.325 e. The van der Waals surface area contributed by atoms with Crippen LogP contribution in [0.4, 0.5) is 0 Å². The fraction of sp³-hybridized carbons (Fsp3) is 0.480. The highest BCUT2D eigenvalue weighted by molar-refractivity contribution is 9.10. The van der Waals surface area contributed by atoms with Crippen LogP contribution in [0.1, 0.15) is 31.9 Å². The number of carbonyl (C=O) groups is 1. The number of rotatable bonds is 12. The maximum atomic E-state index is 12.2. The van der Waals surface area contributed by atoms with Crippen molar-refractivity contribution < 1.29 is 24.1 Å². The average Bonchev–Trinajstić information content (AvgIpc) is 2.79. The highest BCUT2D eigenvalue weighted by Gasteiger charge is 2.45. The number of halogens is 1. The van der Waals surface area contributed by atoms with Gasteiger partial charge in [-0.3, -0.25) is 4.79 Å². The molecule has 2 aromatic rings. The van der Waals surface area contributed by atoms with Gasteiger partial charge in [0.25, 0.3) is 0 Å². The van der Waals surface area contributed by atoms with Gasteiger partial charge >= 0.3 is 5.97 Å². The largest absolute Gasteiger partial charge is 0.468 e. The Morgan fingerprint density at radius 3 is 2.03 bits per heavy atom. The molecule has 5 atom stereocenters. The highest BCUT2D eigenvalue weighted by Crippen LogP contribution is 2.33. The lowest BCUT2D eigenvalue weighted by atomic mass is 9.84. The summed E-state index contributed by atoms with van der Waals surface area (Å²) in [6, 6.07) is 19.9. The number of benzene rings is 2. The quantitative estimate of drug-likeness (QED) is 0.342. The average molecular weight is 493 g/mol. The molecule has 0 fully saturated rings. The number of aliphatic hydroxyl groups excluding tert-OH is 1. The standard InChI is InChI=1S/C25H33BrO5/c1-18(15-30-16-20-11-7-5-8-12-20)22(31-17-21-13-9-6-10-14-21)19(2)23(27)25(3,26)24(28)29-4/h5-14,18-19,22-23,27H,15-17H2,1-4H3/t18-,19-,22-,23-,25+/m0/s1. The summed E-state index contributed by atoms with van der Waals surface area (Å²) in [5.74, 6) is -0.901. The van der Waals surface area contributed by atoms with Crippen molar-refractivity contribution in [3.63, 3.8) is 0 Å². The van der Waals surface area contributed by atoms with Crippen LogP contribution in [0.3, 0.4) is 0 Å². The van der Waals surface area contributed by atoms with E-state index in [2.05, 4.69) is 15.9 Å². The molecule has 5 nitrogen and oxygen atoms in total. The maximum absolute atomic E-state index is 12.2. The van der Waals surface area contributed by atoms with Gasteiger partial charge in [0.15, 0.2) is 0 Å². The van der Waals surface area contributed by atoms with Crippen molar-refractivity contribution in [2.24, 2.45) is 11.8 Å². The Kier molecular flexibility index (Phi) is 10.2. The van der Waals surface area contributed by atoms with Crippen LogP contribution in [0.15, 0.2) is 60.7 Å². The molecule has 6 heteroatoms. The summed E-state index contributed by atoms with van der Waals surface area (Å²) < 4.78 is 15.8. The summed E-state index contributed by atoms with van der Waals surface area (Å²) in [6.45, 7) is 6.91. The van der Waals surface area contributed by atoms with E-state index < -0.39 is 16.4 Å². The maximum Gasteiger partial charge on any atom is 0.325 e. The Bertz CT molecular complexity index is 781. The minimum atomic E-state index is -1.24. The zero-order valence-electron chi connectivity index (χ0n) is 18.7. The van der Waals surface area contributed by atoms with Gasteiger partial charge in [-0.1, -0.05) is 90.4 Å². The van der Waals surface area contributed by atoms with Crippen molar-refractivity contribution in [1.82, 2.24) is 0 Å². The first-order chi connectivity index (χ1) is 14.8. The third kappa shape index (κ3) is 7.42. The van der Waals surface area contributed by atoms with Gasteiger partial charge in [0.1, 0.15) is 4.32 Å². The van der Waals surface area contributed by atoms with E-state index in [4.69, 9.17) is 14.2 Å². The highest BCUT2D eigenvalue weighted by atomic mass is 79.9. The van der Waals surface area contributed by atoms with Crippen molar-refractivity contribution in [1.29, 1.82) is 0 Å². The van der Waals surface area contributed by atoms with E-state index in [0.29, 0.717) is 19.8 Å². The molecular weight excluding hydrogens is 460 g/mol. The van der Waals surface area contributed by atoms with Crippen LogP contribution in [0.5, 0.6) is 0 Å². The molecule has 0 aliphatic rings. The van der Waals surface area contributed by atoms with Gasteiger partial charge in [-0.25, -0.2) is 0 Å². The summed E-state index contributed by atoms with van der Waals surface area (Å²) >= 11 is 3.36. The molecule has 2 aromatic carbocycles. The molecule has 0 amide bonds.